The number of rotatable bonds is 1. The Morgan fingerprint density at radius 1 is 1.47 bits per heavy atom. The largest absolute Gasteiger partial charge is 1.00 e. The van der Waals surface area contributed by atoms with Crippen molar-refractivity contribution in [3.63, 3.8) is 0 Å². The molecule has 0 aliphatic rings. The maximum absolute atomic E-state index is 10.9. The van der Waals surface area contributed by atoms with Crippen LogP contribution >= 0.6 is 11.3 Å². The van der Waals surface area contributed by atoms with E-state index < -0.39 is 10.1 Å². The third kappa shape index (κ3) is 2.99. The second-order valence-electron chi connectivity index (χ2n) is 3.16. The molecule has 86 valence electrons. The van der Waals surface area contributed by atoms with E-state index in [9.17, 15) is 13.0 Å². The molecule has 0 bridgehead atoms. The van der Waals surface area contributed by atoms with Crippen molar-refractivity contribution in [2.24, 2.45) is 18.0 Å². The number of hydrogen-bond donors (Lipinski definition) is 1. The Bertz CT molecular complexity index is 717. The van der Waals surface area contributed by atoms with E-state index in [0.29, 0.717) is 10.3 Å². The Labute approximate surface area is 144 Å². The maximum Gasteiger partial charge on any atom is 1.00 e. The summed E-state index contributed by atoms with van der Waals surface area (Å²) in [4.78, 5) is 0.299. The molecule has 1 heterocycles. The summed E-state index contributed by atoms with van der Waals surface area (Å²) in [6, 6.07) is 4.17. The molecule has 2 aromatic rings. The third-order valence-electron chi connectivity index (χ3n) is 2.18. The van der Waals surface area contributed by atoms with Crippen LogP contribution < -0.4 is 62.0 Å². The summed E-state index contributed by atoms with van der Waals surface area (Å²) in [6.07, 6.45) is 0. The Hall–Kier alpha value is 0.256. The molecule has 1 aromatic carbocycles. The van der Waals surface area contributed by atoms with Crippen molar-refractivity contribution in [2.75, 3.05) is 0 Å². The van der Waals surface area contributed by atoms with Crippen molar-refractivity contribution in [3.05, 3.63) is 23.0 Å². The minimum atomic E-state index is -4.43. The first-order chi connectivity index (χ1) is 7.43. The van der Waals surface area contributed by atoms with E-state index in [-0.39, 0.29) is 56.3 Å². The molecule has 6 nitrogen and oxygen atoms in total. The van der Waals surface area contributed by atoms with Crippen LogP contribution in [0.2, 0.25) is 0 Å². The number of fused-ring (bicyclic) bond motifs is 1. The van der Waals surface area contributed by atoms with Crippen LogP contribution in [-0.2, 0) is 17.2 Å². The van der Waals surface area contributed by atoms with Gasteiger partial charge in [0.15, 0.2) is 0 Å². The molecule has 0 spiro atoms. The van der Waals surface area contributed by atoms with Gasteiger partial charge in [0, 0.05) is 7.05 Å². The van der Waals surface area contributed by atoms with Gasteiger partial charge in [0.25, 0.3) is 0 Å². The summed E-state index contributed by atoms with van der Waals surface area (Å²) in [5, 5.41) is 3.55. The zero-order valence-corrected chi connectivity index (χ0v) is 14.0. The number of nitrogens with zero attached hydrogens (tertiary/aromatic N) is 2. The summed E-state index contributed by atoms with van der Waals surface area (Å²) in [5.41, 5.74) is 0.617. The van der Waals surface area contributed by atoms with Crippen LogP contribution in [0.3, 0.4) is 0 Å². The zero-order chi connectivity index (χ0) is 11.9. The quantitative estimate of drug-likeness (QED) is 0.261. The fourth-order valence-electron chi connectivity index (χ4n) is 1.38. The van der Waals surface area contributed by atoms with E-state index in [1.807, 2.05) is 0 Å². The number of aryl methyl sites for hydroxylation is 1. The smallest absolute Gasteiger partial charge is 0.744 e. The zero-order valence-electron chi connectivity index (χ0n) is 9.25. The first-order valence-electron chi connectivity index (χ1n) is 4.23. The van der Waals surface area contributed by atoms with Gasteiger partial charge in [-0.1, -0.05) is 11.3 Å². The number of aromatic nitrogens is 1. The summed E-state index contributed by atoms with van der Waals surface area (Å²) >= 11 is 1.32. The normalized spacial score (nSPS) is 12.7. The van der Waals surface area contributed by atoms with Crippen molar-refractivity contribution < 1.29 is 64.4 Å². The molecule has 1 aromatic heterocycles. The molecule has 9 heteroatoms. The molecule has 17 heavy (non-hydrogen) atoms. The van der Waals surface area contributed by atoms with Gasteiger partial charge in [-0.15, -0.1) is 0 Å². The van der Waals surface area contributed by atoms with E-state index >= 15 is 0 Å². The second kappa shape index (κ2) is 5.49. The van der Waals surface area contributed by atoms with Crippen LogP contribution in [-0.4, -0.2) is 17.5 Å². The number of thiazole rings is 1. The Kier molecular flexibility index (Phi) is 4.94. The van der Waals surface area contributed by atoms with Gasteiger partial charge in [-0.25, -0.2) is 8.42 Å². The molecule has 2 N–H and O–H groups in total. The summed E-state index contributed by atoms with van der Waals surface area (Å²) in [6.45, 7) is 0. The molecular weight excluding hydrogens is 289 g/mol. The van der Waals surface area contributed by atoms with Gasteiger partial charge in [0.2, 0.25) is 4.80 Å². The molecular formula is C8H8KN3O3S2. The van der Waals surface area contributed by atoms with Crippen LogP contribution in [0.5, 0.6) is 0 Å². The van der Waals surface area contributed by atoms with Gasteiger partial charge in [-0.05, 0) is 18.2 Å². The van der Waals surface area contributed by atoms with E-state index in [1.54, 1.807) is 17.7 Å². The average Bonchev–Trinajstić information content (AvgIpc) is 2.54. The molecule has 0 aliphatic heterocycles. The Balaban J connectivity index is 0.00000144. The third-order valence-corrected chi connectivity index (χ3v) is 4.14. The Morgan fingerprint density at radius 3 is 2.65 bits per heavy atom. The standard InChI is InChI=1S/C8H9N3O3S2.K/c1-11-6-4-5(16(12,13)14)2-3-7(6)15-8(11)10-9;/h2-4H,9H2,1H3,(H,12,13,14);/q;+1/p-1/b10-8+;. The molecule has 0 atom stereocenters. The minimum absolute atomic E-state index is 0. The fourth-order valence-corrected chi connectivity index (χ4v) is 2.80. The first-order valence-corrected chi connectivity index (χ1v) is 6.45. The molecule has 0 fully saturated rings. The van der Waals surface area contributed by atoms with Crippen LogP contribution in [0, 0.1) is 0 Å². The molecule has 0 aliphatic carbocycles. The minimum Gasteiger partial charge on any atom is -0.744 e. The van der Waals surface area contributed by atoms with Gasteiger partial charge in [-0.2, -0.15) is 5.10 Å². The van der Waals surface area contributed by atoms with Gasteiger partial charge in [0.05, 0.1) is 15.1 Å². The van der Waals surface area contributed by atoms with E-state index in [0.717, 1.165) is 4.70 Å². The monoisotopic (exact) mass is 297 g/mol. The molecule has 2 rings (SSSR count). The van der Waals surface area contributed by atoms with Crippen molar-refractivity contribution in [2.45, 2.75) is 4.90 Å². The molecule has 0 amide bonds. The molecule has 0 saturated carbocycles. The summed E-state index contributed by atoms with van der Waals surface area (Å²) in [7, 11) is -2.73. The fraction of sp³-hybridized carbons (Fsp3) is 0.125. The van der Waals surface area contributed by atoms with Crippen molar-refractivity contribution in [1.82, 2.24) is 4.57 Å². The Morgan fingerprint density at radius 2 is 2.12 bits per heavy atom. The van der Waals surface area contributed by atoms with E-state index in [2.05, 4.69) is 5.10 Å². The van der Waals surface area contributed by atoms with Gasteiger partial charge in [-0.3, -0.25) is 0 Å². The molecule has 0 saturated heterocycles. The SMILES string of the molecule is Cn1/c(=N\N)sc2ccc(S(=O)(=O)[O-])cc21.[K+]. The van der Waals surface area contributed by atoms with Crippen molar-refractivity contribution in [3.8, 4) is 0 Å². The topological polar surface area (TPSA) is 101 Å². The van der Waals surface area contributed by atoms with Crippen LogP contribution in [0.15, 0.2) is 28.2 Å². The number of hydrogen-bond acceptors (Lipinski definition) is 6. The van der Waals surface area contributed by atoms with Gasteiger partial charge < -0.3 is 15.0 Å². The summed E-state index contributed by atoms with van der Waals surface area (Å²) < 4.78 is 35.0. The predicted molar refractivity (Wildman–Crippen MR) is 58.5 cm³/mol. The number of nitrogens with two attached hydrogens (primary N) is 1. The van der Waals surface area contributed by atoms with Crippen LogP contribution in [0.4, 0.5) is 0 Å². The van der Waals surface area contributed by atoms with Gasteiger partial charge in [0.1, 0.15) is 10.1 Å². The predicted octanol–water partition coefficient (Wildman–Crippen LogP) is -3.08. The number of benzene rings is 1. The van der Waals surface area contributed by atoms with E-state index in [1.165, 1.54) is 23.5 Å². The van der Waals surface area contributed by atoms with Gasteiger partial charge >= 0.3 is 51.4 Å². The summed E-state index contributed by atoms with van der Waals surface area (Å²) in [5.74, 6) is 5.17. The second-order valence-corrected chi connectivity index (χ2v) is 5.55. The first kappa shape index (κ1) is 15.3. The molecule has 0 radical (unpaired) electrons. The van der Waals surface area contributed by atoms with E-state index in [4.69, 9.17) is 5.84 Å². The average molecular weight is 297 g/mol. The van der Waals surface area contributed by atoms with Crippen LogP contribution in [0.1, 0.15) is 0 Å². The maximum atomic E-state index is 10.9. The van der Waals surface area contributed by atoms with Crippen molar-refractivity contribution in [1.29, 1.82) is 0 Å². The van der Waals surface area contributed by atoms with Crippen molar-refractivity contribution >= 4 is 31.7 Å². The molecule has 0 unspecified atom stereocenters. The van der Waals surface area contributed by atoms with Crippen LogP contribution in [0.25, 0.3) is 10.2 Å².